The van der Waals surface area contributed by atoms with Crippen LogP contribution in [0, 0.1) is 22.7 Å². The predicted molar refractivity (Wildman–Crippen MR) is 110 cm³/mol. The average Bonchev–Trinajstić information content (AvgIpc) is 3.05. The number of carbonyl (C=O) groups is 2. The van der Waals surface area contributed by atoms with E-state index in [1.54, 1.807) is 30.7 Å². The van der Waals surface area contributed by atoms with E-state index in [0.29, 0.717) is 29.4 Å². The van der Waals surface area contributed by atoms with Crippen LogP contribution < -0.4 is 10.2 Å². The molecule has 0 aliphatic carbocycles. The summed E-state index contributed by atoms with van der Waals surface area (Å²) in [5.41, 5.74) is -0.168. The minimum Gasteiger partial charge on any atom is -0.478 e. The first-order valence-corrected chi connectivity index (χ1v) is 10.3. The van der Waals surface area contributed by atoms with Crippen LogP contribution in [0.25, 0.3) is 0 Å². The Morgan fingerprint density at radius 1 is 1.41 bits per heavy atom. The Balaban J connectivity index is 1.85. The number of carbonyl (C=O) groups excluding carboxylic acids is 1. The van der Waals surface area contributed by atoms with E-state index in [1.165, 1.54) is 22.7 Å². The molecule has 2 heterocycles. The van der Waals surface area contributed by atoms with E-state index in [2.05, 4.69) is 21.4 Å². The zero-order valence-corrected chi connectivity index (χ0v) is 17.2. The van der Waals surface area contributed by atoms with Crippen molar-refractivity contribution in [1.29, 1.82) is 5.26 Å². The lowest BCUT2D eigenvalue weighted by Gasteiger charge is -2.24. The van der Waals surface area contributed by atoms with Gasteiger partial charge in [-0.2, -0.15) is 10.2 Å². The molecular weight excluding hydrogens is 390 g/mol. The Morgan fingerprint density at radius 3 is 2.76 bits per heavy atom. The van der Waals surface area contributed by atoms with Crippen LogP contribution in [0.4, 0.5) is 17.5 Å². The summed E-state index contributed by atoms with van der Waals surface area (Å²) in [6.07, 6.45) is 3.80. The number of hydrogen-bond donors (Lipinski definition) is 2. The molecule has 150 valence electrons. The van der Waals surface area contributed by atoms with Gasteiger partial charge < -0.3 is 10.4 Å². The normalized spacial score (nSPS) is 18.7. The van der Waals surface area contributed by atoms with Gasteiger partial charge in [0.25, 0.3) is 0 Å². The van der Waals surface area contributed by atoms with Crippen molar-refractivity contribution < 1.29 is 14.7 Å². The fourth-order valence-corrected chi connectivity index (χ4v) is 3.98. The zero-order valence-electron chi connectivity index (χ0n) is 16.3. The number of hydrogen-bond acceptors (Lipinski definition) is 7. The van der Waals surface area contributed by atoms with Gasteiger partial charge in [0, 0.05) is 23.3 Å². The number of rotatable bonds is 6. The van der Waals surface area contributed by atoms with Gasteiger partial charge in [-0.25, -0.2) is 9.78 Å². The molecule has 0 saturated carbocycles. The van der Waals surface area contributed by atoms with Crippen LogP contribution in [0.3, 0.4) is 0 Å². The summed E-state index contributed by atoms with van der Waals surface area (Å²) in [6.45, 7) is 4.17. The highest BCUT2D eigenvalue weighted by Crippen LogP contribution is 2.40. The number of nitriles is 1. The summed E-state index contributed by atoms with van der Waals surface area (Å²) in [5.74, 6) is -0.614. The highest BCUT2D eigenvalue weighted by Gasteiger charge is 2.50. The van der Waals surface area contributed by atoms with Crippen LogP contribution in [0.1, 0.15) is 30.6 Å². The van der Waals surface area contributed by atoms with Crippen LogP contribution in [-0.4, -0.2) is 39.8 Å². The van der Waals surface area contributed by atoms with E-state index in [-0.39, 0.29) is 23.3 Å². The molecule has 8 nitrogen and oxygen atoms in total. The second-order valence-electron chi connectivity index (χ2n) is 7.03. The number of nitrogens with one attached hydrogen (secondary N) is 1. The minimum absolute atomic E-state index is 0.0952. The smallest absolute Gasteiger partial charge is 0.336 e. The quantitative estimate of drug-likeness (QED) is 0.693. The number of benzene rings is 1. The standard InChI is InChI=1S/C20H21N5O3S/c1-12(2)20(11-21)7-9-25(18(20)28)16-6-8-22-19(24-16)23-13-4-5-14(17(26)27)15(10-13)29-3/h4-6,8,10,12H,7,9H2,1-3H3,(H,26,27)(H,22,23,24)/t20-/m1/s1. The molecule has 1 aromatic heterocycles. The van der Waals surface area contributed by atoms with E-state index < -0.39 is 11.4 Å². The number of carboxylic acid groups (broad SMARTS) is 1. The molecule has 1 aliphatic heterocycles. The minimum atomic E-state index is -1.03. The third-order valence-corrected chi connectivity index (χ3v) is 5.92. The van der Waals surface area contributed by atoms with Gasteiger partial charge in [0.05, 0.1) is 11.6 Å². The molecule has 1 atom stereocenters. The number of amides is 1. The second-order valence-corrected chi connectivity index (χ2v) is 7.88. The lowest BCUT2D eigenvalue weighted by atomic mass is 9.77. The monoisotopic (exact) mass is 411 g/mol. The Hall–Kier alpha value is -3.12. The molecule has 29 heavy (non-hydrogen) atoms. The highest BCUT2D eigenvalue weighted by molar-refractivity contribution is 7.98. The molecule has 2 aromatic rings. The number of aromatic nitrogens is 2. The maximum absolute atomic E-state index is 12.9. The van der Waals surface area contributed by atoms with Gasteiger partial charge in [-0.3, -0.25) is 9.69 Å². The summed E-state index contributed by atoms with van der Waals surface area (Å²) in [4.78, 5) is 34.9. The summed E-state index contributed by atoms with van der Waals surface area (Å²) in [5, 5.41) is 21.9. The fraction of sp³-hybridized carbons (Fsp3) is 0.350. The molecule has 1 amide bonds. The van der Waals surface area contributed by atoms with Crippen molar-refractivity contribution in [3.8, 4) is 6.07 Å². The Bertz CT molecular complexity index is 1000. The van der Waals surface area contributed by atoms with Crippen LogP contribution >= 0.6 is 11.8 Å². The topological polar surface area (TPSA) is 119 Å². The lowest BCUT2D eigenvalue weighted by molar-refractivity contribution is -0.124. The summed E-state index contributed by atoms with van der Waals surface area (Å²) < 4.78 is 0. The van der Waals surface area contributed by atoms with Crippen molar-refractivity contribution in [2.75, 3.05) is 23.0 Å². The molecule has 0 radical (unpaired) electrons. The molecule has 0 unspecified atom stereocenters. The average molecular weight is 411 g/mol. The van der Waals surface area contributed by atoms with Gasteiger partial charge >= 0.3 is 5.97 Å². The Kier molecular flexibility index (Phi) is 5.75. The molecule has 1 aromatic carbocycles. The number of anilines is 3. The maximum atomic E-state index is 12.9. The third-order valence-electron chi connectivity index (χ3n) is 5.15. The summed E-state index contributed by atoms with van der Waals surface area (Å²) >= 11 is 1.33. The first-order valence-electron chi connectivity index (χ1n) is 9.07. The molecule has 1 fully saturated rings. The van der Waals surface area contributed by atoms with E-state index in [4.69, 9.17) is 0 Å². The third kappa shape index (κ3) is 3.76. The summed E-state index contributed by atoms with van der Waals surface area (Å²) in [7, 11) is 0. The van der Waals surface area contributed by atoms with Crippen LogP contribution in [0.5, 0.6) is 0 Å². The Labute approximate surface area is 173 Å². The maximum Gasteiger partial charge on any atom is 0.336 e. The number of thioether (sulfide) groups is 1. The van der Waals surface area contributed by atoms with Crippen molar-refractivity contribution in [2.24, 2.45) is 11.3 Å². The molecule has 0 spiro atoms. The van der Waals surface area contributed by atoms with Crippen molar-refractivity contribution in [3.05, 3.63) is 36.0 Å². The van der Waals surface area contributed by atoms with Crippen LogP contribution in [0.2, 0.25) is 0 Å². The van der Waals surface area contributed by atoms with Gasteiger partial charge in [0.2, 0.25) is 11.9 Å². The van der Waals surface area contributed by atoms with Crippen molar-refractivity contribution in [2.45, 2.75) is 25.2 Å². The van der Waals surface area contributed by atoms with Crippen molar-refractivity contribution in [1.82, 2.24) is 9.97 Å². The fourth-order valence-electron chi connectivity index (χ4n) is 3.36. The van der Waals surface area contributed by atoms with E-state index >= 15 is 0 Å². The number of aromatic carboxylic acids is 1. The summed E-state index contributed by atoms with van der Waals surface area (Å²) in [6, 6.07) is 8.72. The van der Waals surface area contributed by atoms with Gasteiger partial charge in [-0.1, -0.05) is 13.8 Å². The highest BCUT2D eigenvalue weighted by atomic mass is 32.2. The Morgan fingerprint density at radius 2 is 2.17 bits per heavy atom. The molecule has 2 N–H and O–H groups in total. The van der Waals surface area contributed by atoms with Crippen molar-refractivity contribution in [3.63, 3.8) is 0 Å². The van der Waals surface area contributed by atoms with E-state index in [9.17, 15) is 20.0 Å². The predicted octanol–water partition coefficient (Wildman–Crippen LogP) is 3.54. The number of nitrogens with zero attached hydrogens (tertiary/aromatic N) is 4. The van der Waals surface area contributed by atoms with Crippen molar-refractivity contribution >= 4 is 41.1 Å². The molecular formula is C20H21N5O3S. The van der Waals surface area contributed by atoms with Gasteiger partial charge in [-0.05, 0) is 42.9 Å². The molecule has 1 saturated heterocycles. The molecule has 3 rings (SSSR count). The zero-order chi connectivity index (χ0) is 21.2. The van der Waals surface area contributed by atoms with Gasteiger partial charge in [0.1, 0.15) is 11.2 Å². The lowest BCUT2D eigenvalue weighted by Crippen LogP contribution is -2.37. The number of carboxylic acids is 1. The largest absolute Gasteiger partial charge is 0.478 e. The molecule has 9 heteroatoms. The molecule has 0 bridgehead atoms. The van der Waals surface area contributed by atoms with E-state index in [0.717, 1.165) is 0 Å². The van der Waals surface area contributed by atoms with Crippen LogP contribution in [0.15, 0.2) is 35.4 Å². The first-order chi connectivity index (χ1) is 13.8. The van der Waals surface area contributed by atoms with E-state index in [1.807, 2.05) is 13.8 Å². The van der Waals surface area contributed by atoms with Crippen LogP contribution in [-0.2, 0) is 4.79 Å². The van der Waals surface area contributed by atoms with Gasteiger partial charge in [-0.15, -0.1) is 11.8 Å². The molecule has 1 aliphatic rings. The SMILES string of the molecule is CSc1cc(Nc2nccc(N3CC[C@@](C#N)(C(C)C)C3=O)n2)ccc1C(=O)O. The first kappa shape index (κ1) is 20.6. The second kappa shape index (κ2) is 8.09. The van der Waals surface area contributed by atoms with Gasteiger partial charge in [0.15, 0.2) is 0 Å².